The number of carbonyl (C=O) groups is 1. The minimum absolute atomic E-state index is 0.178. The van der Waals surface area contributed by atoms with Crippen LogP contribution >= 0.6 is 23.2 Å². The third kappa shape index (κ3) is 6.59. The Bertz CT molecular complexity index is 1010. The molecule has 0 spiro atoms. The third-order valence-electron chi connectivity index (χ3n) is 4.44. The first-order valence-corrected chi connectivity index (χ1v) is 10.2. The number of carboxylic acids is 1. The van der Waals surface area contributed by atoms with Crippen LogP contribution in [0.2, 0.25) is 10.0 Å². The minimum atomic E-state index is -1.44. The summed E-state index contributed by atoms with van der Waals surface area (Å²) in [5.74, 6) is -0.0123. The largest absolute Gasteiger partial charge is 0.478 e. The van der Waals surface area contributed by atoms with Gasteiger partial charge < -0.3 is 19.3 Å². The molecule has 1 N–H and O–H groups in total. The molecule has 162 valence electrons. The number of pyridine rings is 1. The second-order valence-corrected chi connectivity index (χ2v) is 7.78. The van der Waals surface area contributed by atoms with Crippen LogP contribution in [0.3, 0.4) is 0 Å². The van der Waals surface area contributed by atoms with E-state index in [9.17, 15) is 9.90 Å². The van der Waals surface area contributed by atoms with E-state index in [1.807, 2.05) is 30.3 Å². The molecule has 0 saturated heterocycles. The molecule has 8 heteroatoms. The molecule has 0 fully saturated rings. The zero-order valence-electron chi connectivity index (χ0n) is 16.8. The Morgan fingerprint density at radius 2 is 1.74 bits per heavy atom. The average Bonchev–Trinajstić information content (AvgIpc) is 2.75. The van der Waals surface area contributed by atoms with Gasteiger partial charge in [0.1, 0.15) is 16.5 Å². The molecule has 0 radical (unpaired) electrons. The van der Waals surface area contributed by atoms with Crippen LogP contribution < -0.4 is 9.47 Å². The van der Waals surface area contributed by atoms with Gasteiger partial charge in [0.05, 0.1) is 18.2 Å². The Hall–Kier alpha value is -2.80. The van der Waals surface area contributed by atoms with E-state index in [2.05, 4.69) is 4.98 Å². The number of carboxylic acid groups (broad SMARTS) is 1. The molecule has 6 nitrogen and oxygen atoms in total. The van der Waals surface area contributed by atoms with Gasteiger partial charge in [-0.05, 0) is 42.8 Å². The highest BCUT2D eigenvalue weighted by Crippen LogP contribution is 2.31. The lowest BCUT2D eigenvalue weighted by Gasteiger charge is -2.26. The number of ether oxygens (including phenoxy) is 3. The summed E-state index contributed by atoms with van der Waals surface area (Å²) in [6, 6.07) is 17.7. The summed E-state index contributed by atoms with van der Waals surface area (Å²) in [6.07, 6.45) is 1.61. The number of rotatable bonds is 10. The van der Waals surface area contributed by atoms with Crippen molar-refractivity contribution in [3.8, 4) is 17.4 Å². The highest BCUT2D eigenvalue weighted by atomic mass is 35.5. The highest BCUT2D eigenvalue weighted by Gasteiger charge is 2.35. The van der Waals surface area contributed by atoms with Gasteiger partial charge in [-0.15, -0.1) is 0 Å². The quantitative estimate of drug-likeness (QED) is 0.372. The molecule has 0 aliphatic rings. The van der Waals surface area contributed by atoms with Gasteiger partial charge in [-0.3, -0.25) is 0 Å². The van der Waals surface area contributed by atoms with E-state index in [4.69, 9.17) is 37.4 Å². The third-order valence-corrected chi connectivity index (χ3v) is 4.92. The number of halogens is 2. The summed E-state index contributed by atoms with van der Waals surface area (Å²) in [6.45, 7) is 2.16. The van der Waals surface area contributed by atoms with Gasteiger partial charge in [0.2, 0.25) is 11.5 Å². The summed E-state index contributed by atoms with van der Waals surface area (Å²) in [5, 5.41) is 10.4. The maximum Gasteiger partial charge on any atom is 0.347 e. The van der Waals surface area contributed by atoms with Crippen molar-refractivity contribution in [3.63, 3.8) is 0 Å². The van der Waals surface area contributed by atoms with E-state index in [-0.39, 0.29) is 23.9 Å². The molecule has 1 atom stereocenters. The van der Waals surface area contributed by atoms with Crippen LogP contribution in [0.5, 0.6) is 17.4 Å². The molecule has 2 aromatic carbocycles. The summed E-state index contributed by atoms with van der Waals surface area (Å²) >= 11 is 11.9. The standard InChI is InChI=1S/C23H21Cl2NO5/c1-23(22(27)28,11-12-29-15-16-5-3-2-4-6-16)31-19-9-7-18(8-10-19)30-21-20(25)13-17(24)14-26-21/h2-10,13-14H,11-12,15H2,1H3,(H,27,28). The van der Waals surface area contributed by atoms with Gasteiger partial charge in [0, 0.05) is 12.6 Å². The summed E-state index contributed by atoms with van der Waals surface area (Å²) in [4.78, 5) is 15.9. The highest BCUT2D eigenvalue weighted by molar-refractivity contribution is 6.35. The van der Waals surface area contributed by atoms with Gasteiger partial charge in [0.15, 0.2) is 0 Å². The Labute approximate surface area is 190 Å². The minimum Gasteiger partial charge on any atom is -0.478 e. The molecule has 0 amide bonds. The van der Waals surface area contributed by atoms with Crippen LogP contribution in [0, 0.1) is 0 Å². The fourth-order valence-corrected chi connectivity index (χ4v) is 3.08. The monoisotopic (exact) mass is 461 g/mol. The SMILES string of the molecule is CC(CCOCc1ccccc1)(Oc1ccc(Oc2ncc(Cl)cc2Cl)cc1)C(=O)O. The van der Waals surface area contributed by atoms with Crippen LogP contribution in [0.4, 0.5) is 0 Å². The van der Waals surface area contributed by atoms with Crippen molar-refractivity contribution < 1.29 is 24.1 Å². The first kappa shape index (κ1) is 22.9. The van der Waals surface area contributed by atoms with Crippen molar-refractivity contribution in [2.75, 3.05) is 6.61 Å². The summed E-state index contributed by atoms with van der Waals surface area (Å²) in [7, 11) is 0. The van der Waals surface area contributed by atoms with E-state index >= 15 is 0 Å². The number of aromatic nitrogens is 1. The lowest BCUT2D eigenvalue weighted by atomic mass is 10.0. The molecule has 1 heterocycles. The smallest absolute Gasteiger partial charge is 0.347 e. The lowest BCUT2D eigenvalue weighted by molar-refractivity contribution is -0.155. The van der Waals surface area contributed by atoms with Crippen LogP contribution in [0.15, 0.2) is 66.9 Å². The van der Waals surface area contributed by atoms with E-state index in [1.54, 1.807) is 24.3 Å². The second kappa shape index (κ2) is 10.5. The van der Waals surface area contributed by atoms with E-state index in [0.717, 1.165) is 5.56 Å². The zero-order valence-corrected chi connectivity index (χ0v) is 18.3. The van der Waals surface area contributed by atoms with Crippen molar-refractivity contribution in [3.05, 3.63) is 82.5 Å². The fraction of sp³-hybridized carbons (Fsp3) is 0.217. The predicted molar refractivity (Wildman–Crippen MR) is 118 cm³/mol. The van der Waals surface area contributed by atoms with Crippen molar-refractivity contribution in [1.82, 2.24) is 4.98 Å². The summed E-state index contributed by atoms with van der Waals surface area (Å²) < 4.78 is 17.0. The molecular weight excluding hydrogens is 441 g/mol. The lowest BCUT2D eigenvalue weighted by Crippen LogP contribution is -2.42. The van der Waals surface area contributed by atoms with E-state index < -0.39 is 11.6 Å². The molecular formula is C23H21Cl2NO5. The Balaban J connectivity index is 1.57. The van der Waals surface area contributed by atoms with Crippen LogP contribution in [0.1, 0.15) is 18.9 Å². The second-order valence-electron chi connectivity index (χ2n) is 6.94. The Kier molecular flexibility index (Phi) is 7.74. The maximum absolute atomic E-state index is 11.8. The number of aliphatic carboxylic acids is 1. The molecule has 31 heavy (non-hydrogen) atoms. The van der Waals surface area contributed by atoms with Crippen LogP contribution in [0.25, 0.3) is 0 Å². The first-order chi connectivity index (χ1) is 14.9. The van der Waals surface area contributed by atoms with Crippen molar-refractivity contribution >= 4 is 29.2 Å². The normalized spacial score (nSPS) is 12.7. The number of hydrogen-bond donors (Lipinski definition) is 1. The van der Waals surface area contributed by atoms with Gasteiger partial charge in [0.25, 0.3) is 0 Å². The van der Waals surface area contributed by atoms with Gasteiger partial charge in [-0.25, -0.2) is 9.78 Å². The van der Waals surface area contributed by atoms with Gasteiger partial charge >= 0.3 is 5.97 Å². The molecule has 0 bridgehead atoms. The molecule has 1 aromatic heterocycles. The Morgan fingerprint density at radius 1 is 1.06 bits per heavy atom. The molecule has 0 saturated carbocycles. The topological polar surface area (TPSA) is 77.9 Å². The predicted octanol–water partition coefficient (Wildman–Crippen LogP) is 6.01. The van der Waals surface area contributed by atoms with Crippen molar-refractivity contribution in [1.29, 1.82) is 0 Å². The van der Waals surface area contributed by atoms with Gasteiger partial charge in [-0.1, -0.05) is 53.5 Å². The summed E-state index contributed by atoms with van der Waals surface area (Å²) in [5.41, 5.74) is -0.425. The number of nitrogens with zero attached hydrogens (tertiary/aromatic N) is 1. The first-order valence-electron chi connectivity index (χ1n) is 9.49. The number of benzene rings is 2. The van der Waals surface area contributed by atoms with Crippen molar-refractivity contribution in [2.45, 2.75) is 25.6 Å². The molecule has 0 aliphatic carbocycles. The Morgan fingerprint density at radius 3 is 2.39 bits per heavy atom. The zero-order chi connectivity index (χ0) is 22.3. The number of hydrogen-bond acceptors (Lipinski definition) is 5. The van der Waals surface area contributed by atoms with Gasteiger partial charge in [-0.2, -0.15) is 0 Å². The van der Waals surface area contributed by atoms with Crippen LogP contribution in [-0.4, -0.2) is 28.3 Å². The molecule has 0 aliphatic heterocycles. The maximum atomic E-state index is 11.8. The van der Waals surface area contributed by atoms with Crippen LogP contribution in [-0.2, 0) is 16.1 Å². The van der Waals surface area contributed by atoms with E-state index in [1.165, 1.54) is 19.2 Å². The fourth-order valence-electron chi connectivity index (χ4n) is 2.66. The molecule has 1 unspecified atom stereocenters. The van der Waals surface area contributed by atoms with Crippen molar-refractivity contribution in [2.24, 2.45) is 0 Å². The molecule has 3 rings (SSSR count). The molecule has 3 aromatic rings. The van der Waals surface area contributed by atoms with E-state index in [0.29, 0.717) is 23.1 Å². The average molecular weight is 462 g/mol.